The van der Waals surface area contributed by atoms with Crippen LogP contribution in [0.5, 0.6) is 0 Å². The number of hydrogen-bond donors (Lipinski definition) is 0. The van der Waals surface area contributed by atoms with Gasteiger partial charge in [-0.1, -0.05) is 52.7 Å². The Hall–Kier alpha value is -0.860. The van der Waals surface area contributed by atoms with Crippen molar-refractivity contribution in [2.45, 2.75) is 25.8 Å². The van der Waals surface area contributed by atoms with Gasteiger partial charge < -0.3 is 0 Å². The summed E-state index contributed by atoms with van der Waals surface area (Å²) < 4.78 is 1.22. The lowest BCUT2D eigenvalue weighted by atomic mass is 10.0. The van der Waals surface area contributed by atoms with Crippen LogP contribution >= 0.6 is 15.9 Å². The maximum Gasteiger partial charge on any atom is 0.0256 e. The first-order valence-electron chi connectivity index (χ1n) is 6.73. The molecule has 0 atom stereocenters. The second kappa shape index (κ2) is 5.41. The van der Waals surface area contributed by atoms with Gasteiger partial charge in [0.1, 0.15) is 0 Å². The van der Waals surface area contributed by atoms with Crippen LogP contribution < -0.4 is 0 Å². The van der Waals surface area contributed by atoms with Crippen LogP contribution in [-0.2, 0) is 6.54 Å². The zero-order valence-electron chi connectivity index (χ0n) is 10.5. The Morgan fingerprint density at radius 1 is 0.944 bits per heavy atom. The zero-order valence-corrected chi connectivity index (χ0v) is 12.1. The van der Waals surface area contributed by atoms with Gasteiger partial charge in [0.25, 0.3) is 0 Å². The molecule has 1 heterocycles. The molecule has 0 amide bonds. The third-order valence-electron chi connectivity index (χ3n) is 3.78. The molecule has 1 nitrogen and oxygen atoms in total. The normalized spacial score (nSPS) is 17.2. The third-order valence-corrected chi connectivity index (χ3v) is 4.44. The van der Waals surface area contributed by atoms with Crippen molar-refractivity contribution in [1.82, 2.24) is 4.90 Å². The molecule has 1 saturated heterocycles. The molecule has 18 heavy (non-hydrogen) atoms. The van der Waals surface area contributed by atoms with Crippen molar-refractivity contribution in [2.24, 2.45) is 0 Å². The van der Waals surface area contributed by atoms with Gasteiger partial charge in [-0.25, -0.2) is 0 Å². The van der Waals surface area contributed by atoms with E-state index in [-0.39, 0.29) is 0 Å². The van der Waals surface area contributed by atoms with E-state index in [0.29, 0.717) is 0 Å². The topological polar surface area (TPSA) is 3.24 Å². The molecule has 0 N–H and O–H groups in total. The molecular weight excluding hydrogens is 286 g/mol. The van der Waals surface area contributed by atoms with Crippen molar-refractivity contribution in [1.29, 1.82) is 0 Å². The average Bonchev–Trinajstić information content (AvgIpc) is 2.40. The van der Waals surface area contributed by atoms with E-state index >= 15 is 0 Å². The van der Waals surface area contributed by atoms with Gasteiger partial charge in [-0.05, 0) is 42.9 Å². The molecule has 2 aromatic rings. The van der Waals surface area contributed by atoms with E-state index < -0.39 is 0 Å². The maximum atomic E-state index is 3.69. The minimum atomic E-state index is 1.08. The highest BCUT2D eigenvalue weighted by molar-refractivity contribution is 9.10. The highest BCUT2D eigenvalue weighted by atomic mass is 79.9. The van der Waals surface area contributed by atoms with Crippen LogP contribution in [0.1, 0.15) is 24.8 Å². The van der Waals surface area contributed by atoms with Crippen LogP contribution in [0.3, 0.4) is 0 Å². The number of halogens is 1. The van der Waals surface area contributed by atoms with E-state index in [1.54, 1.807) is 0 Å². The van der Waals surface area contributed by atoms with Crippen LogP contribution in [0, 0.1) is 0 Å². The number of benzene rings is 2. The number of hydrogen-bond acceptors (Lipinski definition) is 1. The maximum absolute atomic E-state index is 3.69. The SMILES string of the molecule is Brc1cccc2cccc(CN3CCCCC3)c12. The van der Waals surface area contributed by atoms with E-state index in [2.05, 4.69) is 57.2 Å². The van der Waals surface area contributed by atoms with Crippen LogP contribution in [-0.4, -0.2) is 18.0 Å². The first-order chi connectivity index (χ1) is 8.84. The van der Waals surface area contributed by atoms with Gasteiger partial charge in [0.15, 0.2) is 0 Å². The molecule has 94 valence electrons. The fourth-order valence-corrected chi connectivity index (χ4v) is 3.50. The molecule has 0 bridgehead atoms. The van der Waals surface area contributed by atoms with E-state index in [0.717, 1.165) is 6.54 Å². The Labute approximate surface area is 117 Å². The molecular formula is C16H18BrN. The highest BCUT2D eigenvalue weighted by Gasteiger charge is 2.12. The molecule has 1 fully saturated rings. The summed E-state index contributed by atoms with van der Waals surface area (Å²) in [5, 5.41) is 2.71. The van der Waals surface area contributed by atoms with Crippen LogP contribution in [0.25, 0.3) is 10.8 Å². The molecule has 0 aliphatic carbocycles. The van der Waals surface area contributed by atoms with Gasteiger partial charge in [-0.2, -0.15) is 0 Å². The number of nitrogens with zero attached hydrogens (tertiary/aromatic N) is 1. The lowest BCUT2D eigenvalue weighted by Gasteiger charge is -2.27. The Morgan fingerprint density at radius 3 is 2.44 bits per heavy atom. The minimum Gasteiger partial charge on any atom is -0.299 e. The second-order valence-corrected chi connectivity index (χ2v) is 5.95. The van der Waals surface area contributed by atoms with E-state index in [9.17, 15) is 0 Å². The average molecular weight is 304 g/mol. The van der Waals surface area contributed by atoms with Crippen molar-refractivity contribution in [3.63, 3.8) is 0 Å². The van der Waals surface area contributed by atoms with Gasteiger partial charge in [-0.3, -0.25) is 4.90 Å². The summed E-state index contributed by atoms with van der Waals surface area (Å²) in [4.78, 5) is 2.58. The molecule has 0 radical (unpaired) electrons. The first kappa shape index (κ1) is 12.2. The lowest BCUT2D eigenvalue weighted by molar-refractivity contribution is 0.221. The first-order valence-corrected chi connectivity index (χ1v) is 7.52. The van der Waals surface area contributed by atoms with Crippen molar-refractivity contribution in [3.8, 4) is 0 Å². The van der Waals surface area contributed by atoms with E-state index in [1.165, 1.54) is 53.2 Å². The fourth-order valence-electron chi connectivity index (χ4n) is 2.86. The summed E-state index contributed by atoms with van der Waals surface area (Å²) in [6, 6.07) is 13.1. The zero-order chi connectivity index (χ0) is 12.4. The fraction of sp³-hybridized carbons (Fsp3) is 0.375. The summed E-state index contributed by atoms with van der Waals surface area (Å²) in [5.41, 5.74) is 1.45. The minimum absolute atomic E-state index is 1.08. The van der Waals surface area contributed by atoms with Gasteiger partial charge in [0.2, 0.25) is 0 Å². The third kappa shape index (κ3) is 2.45. The molecule has 0 unspecified atom stereocenters. The predicted molar refractivity (Wildman–Crippen MR) is 80.8 cm³/mol. The molecule has 2 heteroatoms. The van der Waals surface area contributed by atoms with Crippen LogP contribution in [0.15, 0.2) is 40.9 Å². The number of rotatable bonds is 2. The molecule has 1 aliphatic heterocycles. The van der Waals surface area contributed by atoms with E-state index in [4.69, 9.17) is 0 Å². The molecule has 0 spiro atoms. The predicted octanol–water partition coefficient (Wildman–Crippen LogP) is 4.59. The molecule has 3 rings (SSSR count). The Kier molecular flexibility index (Phi) is 3.67. The van der Waals surface area contributed by atoms with Gasteiger partial charge >= 0.3 is 0 Å². The highest BCUT2D eigenvalue weighted by Crippen LogP contribution is 2.28. The summed E-state index contributed by atoms with van der Waals surface area (Å²) in [5.74, 6) is 0. The largest absolute Gasteiger partial charge is 0.299 e. The quantitative estimate of drug-likeness (QED) is 0.784. The van der Waals surface area contributed by atoms with E-state index in [1.807, 2.05) is 0 Å². The molecule has 0 saturated carbocycles. The lowest BCUT2D eigenvalue weighted by Crippen LogP contribution is -2.29. The van der Waals surface area contributed by atoms with Crippen LogP contribution in [0.2, 0.25) is 0 Å². The molecule has 2 aromatic carbocycles. The van der Waals surface area contributed by atoms with Crippen molar-refractivity contribution < 1.29 is 0 Å². The molecule has 1 aliphatic rings. The van der Waals surface area contributed by atoms with Crippen molar-refractivity contribution >= 4 is 26.7 Å². The van der Waals surface area contributed by atoms with Crippen molar-refractivity contribution in [2.75, 3.05) is 13.1 Å². The monoisotopic (exact) mass is 303 g/mol. The summed E-state index contributed by atoms with van der Waals surface area (Å²) in [6.45, 7) is 3.58. The Balaban J connectivity index is 1.95. The second-order valence-electron chi connectivity index (χ2n) is 5.09. The standard InChI is InChI=1S/C16H18BrN/c17-15-9-5-7-13-6-4-8-14(16(13)15)12-18-10-2-1-3-11-18/h4-9H,1-3,10-12H2. The summed E-state index contributed by atoms with van der Waals surface area (Å²) in [6.07, 6.45) is 4.10. The van der Waals surface area contributed by atoms with Crippen LogP contribution in [0.4, 0.5) is 0 Å². The van der Waals surface area contributed by atoms with Crippen molar-refractivity contribution in [3.05, 3.63) is 46.4 Å². The summed E-state index contributed by atoms with van der Waals surface area (Å²) >= 11 is 3.69. The Morgan fingerprint density at radius 2 is 1.67 bits per heavy atom. The molecule has 0 aromatic heterocycles. The van der Waals surface area contributed by atoms with Gasteiger partial charge in [0.05, 0.1) is 0 Å². The Bertz CT molecular complexity index is 539. The smallest absolute Gasteiger partial charge is 0.0256 e. The van der Waals surface area contributed by atoms with Gasteiger partial charge in [0, 0.05) is 16.4 Å². The van der Waals surface area contributed by atoms with Gasteiger partial charge in [-0.15, -0.1) is 0 Å². The number of likely N-dealkylation sites (tertiary alicyclic amines) is 1. The number of piperidine rings is 1. The summed E-state index contributed by atoms with van der Waals surface area (Å²) in [7, 11) is 0. The number of fused-ring (bicyclic) bond motifs is 1.